The lowest BCUT2D eigenvalue weighted by Gasteiger charge is -2.18. The summed E-state index contributed by atoms with van der Waals surface area (Å²) in [6, 6.07) is 3.12. The summed E-state index contributed by atoms with van der Waals surface area (Å²) in [5.74, 6) is 1.03. The van der Waals surface area contributed by atoms with Gasteiger partial charge in [0.05, 0.1) is 19.9 Å². The zero-order chi connectivity index (χ0) is 19.6. The fourth-order valence-electron chi connectivity index (χ4n) is 2.64. The van der Waals surface area contributed by atoms with E-state index < -0.39 is 0 Å². The molecule has 27 heavy (non-hydrogen) atoms. The van der Waals surface area contributed by atoms with Crippen LogP contribution in [0.4, 0.5) is 5.69 Å². The predicted octanol–water partition coefficient (Wildman–Crippen LogP) is 2.49. The van der Waals surface area contributed by atoms with E-state index in [4.69, 9.17) is 18.9 Å². The lowest BCUT2D eigenvalue weighted by Crippen LogP contribution is -2.22. The molecule has 2 amide bonds. The third-order valence-electron chi connectivity index (χ3n) is 3.89. The van der Waals surface area contributed by atoms with Gasteiger partial charge >= 0.3 is 0 Å². The normalized spacial score (nSPS) is 12.3. The van der Waals surface area contributed by atoms with Gasteiger partial charge in [-0.3, -0.25) is 9.59 Å². The highest BCUT2D eigenvalue weighted by atomic mass is 32.1. The molecule has 0 aliphatic carbocycles. The van der Waals surface area contributed by atoms with Crippen molar-refractivity contribution in [3.8, 4) is 23.0 Å². The molecule has 1 aliphatic rings. The van der Waals surface area contributed by atoms with Crippen LogP contribution in [0, 0.1) is 0 Å². The predicted molar refractivity (Wildman–Crippen MR) is 101 cm³/mol. The van der Waals surface area contributed by atoms with Crippen molar-refractivity contribution in [2.24, 2.45) is 0 Å². The topological polar surface area (TPSA) is 86.3 Å². The molecule has 0 spiro atoms. The molecule has 9 heteroatoms. The Morgan fingerprint density at radius 1 is 1.15 bits per heavy atom. The van der Waals surface area contributed by atoms with E-state index in [0.29, 0.717) is 52.3 Å². The Bertz CT molecular complexity index is 877. The molecule has 2 aromatic rings. The summed E-state index contributed by atoms with van der Waals surface area (Å²) >= 11 is 1.22. The molecule has 1 aromatic carbocycles. The van der Waals surface area contributed by atoms with E-state index in [1.807, 2.05) is 0 Å². The number of nitrogens with zero attached hydrogens (tertiary/aromatic N) is 1. The summed E-state index contributed by atoms with van der Waals surface area (Å²) in [6.45, 7) is 0.832. The van der Waals surface area contributed by atoms with Gasteiger partial charge < -0.3 is 29.2 Å². The molecule has 0 saturated heterocycles. The average Bonchev–Trinajstić information content (AvgIpc) is 3.10. The van der Waals surface area contributed by atoms with Gasteiger partial charge in [-0.15, -0.1) is 11.3 Å². The van der Waals surface area contributed by atoms with E-state index in [1.54, 1.807) is 31.6 Å². The number of amides is 2. The van der Waals surface area contributed by atoms with E-state index in [9.17, 15) is 9.59 Å². The van der Waals surface area contributed by atoms with Crippen molar-refractivity contribution in [3.05, 3.63) is 28.0 Å². The monoisotopic (exact) mass is 392 g/mol. The Kier molecular flexibility index (Phi) is 5.41. The van der Waals surface area contributed by atoms with Gasteiger partial charge in [-0.05, 0) is 12.1 Å². The molecule has 0 fully saturated rings. The first-order valence-corrected chi connectivity index (χ1v) is 9.00. The van der Waals surface area contributed by atoms with Crippen molar-refractivity contribution < 1.29 is 28.5 Å². The number of carbonyl (C=O) groups is 2. The van der Waals surface area contributed by atoms with Crippen molar-refractivity contribution in [1.29, 1.82) is 0 Å². The van der Waals surface area contributed by atoms with Crippen molar-refractivity contribution in [2.75, 3.05) is 46.8 Å². The highest BCUT2D eigenvalue weighted by molar-refractivity contribution is 7.13. The van der Waals surface area contributed by atoms with Gasteiger partial charge in [-0.1, -0.05) is 0 Å². The number of methoxy groups -OCH3 is 2. The molecule has 2 heterocycles. The minimum absolute atomic E-state index is 0.225. The van der Waals surface area contributed by atoms with Crippen molar-refractivity contribution in [3.63, 3.8) is 0 Å². The third-order valence-corrected chi connectivity index (χ3v) is 4.83. The first kappa shape index (κ1) is 18.8. The van der Waals surface area contributed by atoms with Gasteiger partial charge in [-0.2, -0.15) is 0 Å². The Morgan fingerprint density at radius 3 is 2.56 bits per heavy atom. The van der Waals surface area contributed by atoms with Gasteiger partial charge in [0, 0.05) is 25.0 Å². The maximum absolute atomic E-state index is 12.8. The zero-order valence-electron chi connectivity index (χ0n) is 15.5. The van der Waals surface area contributed by atoms with Crippen LogP contribution in [0.1, 0.15) is 20.0 Å². The Balaban J connectivity index is 1.97. The number of anilines is 1. The second kappa shape index (κ2) is 7.75. The van der Waals surface area contributed by atoms with Gasteiger partial charge in [0.15, 0.2) is 23.0 Å². The number of benzene rings is 1. The van der Waals surface area contributed by atoms with Crippen LogP contribution in [-0.4, -0.2) is 58.2 Å². The summed E-state index contributed by atoms with van der Waals surface area (Å²) in [5.41, 5.74) is 0.687. The number of fused-ring (bicyclic) bond motifs is 1. The highest BCUT2D eigenvalue weighted by Gasteiger charge is 2.25. The van der Waals surface area contributed by atoms with Crippen LogP contribution in [0.2, 0.25) is 0 Å². The van der Waals surface area contributed by atoms with Crippen LogP contribution < -0.4 is 24.3 Å². The van der Waals surface area contributed by atoms with E-state index in [0.717, 1.165) is 0 Å². The second-order valence-electron chi connectivity index (χ2n) is 5.87. The summed E-state index contributed by atoms with van der Waals surface area (Å²) < 4.78 is 21.7. The first-order chi connectivity index (χ1) is 13.0. The largest absolute Gasteiger partial charge is 0.493 e. The SMILES string of the molecule is COc1cc(C(=O)N(C)C)cc(NC(=O)c2scc3c2OCCO3)c1OC. The Morgan fingerprint density at radius 2 is 1.89 bits per heavy atom. The van der Waals surface area contributed by atoms with Crippen LogP contribution in [-0.2, 0) is 0 Å². The van der Waals surface area contributed by atoms with Gasteiger partial charge in [0.25, 0.3) is 11.8 Å². The number of thiophene rings is 1. The van der Waals surface area contributed by atoms with E-state index >= 15 is 0 Å². The third kappa shape index (κ3) is 3.63. The fraction of sp³-hybridized carbons (Fsp3) is 0.333. The van der Waals surface area contributed by atoms with Crippen LogP contribution in [0.25, 0.3) is 0 Å². The number of rotatable bonds is 5. The number of hydrogen-bond donors (Lipinski definition) is 1. The number of ether oxygens (including phenoxy) is 4. The lowest BCUT2D eigenvalue weighted by molar-refractivity contribution is 0.0826. The summed E-state index contributed by atoms with van der Waals surface area (Å²) in [4.78, 5) is 27.0. The molecule has 0 saturated carbocycles. The second-order valence-corrected chi connectivity index (χ2v) is 6.75. The van der Waals surface area contributed by atoms with Gasteiger partial charge in [0.2, 0.25) is 0 Å². The number of nitrogens with one attached hydrogen (secondary N) is 1. The van der Waals surface area contributed by atoms with Crippen molar-refractivity contribution >= 4 is 28.8 Å². The van der Waals surface area contributed by atoms with E-state index in [1.165, 1.54) is 30.5 Å². The summed E-state index contributed by atoms with van der Waals surface area (Å²) in [7, 11) is 6.22. The van der Waals surface area contributed by atoms with E-state index in [-0.39, 0.29) is 11.8 Å². The molecular weight excluding hydrogens is 372 g/mol. The van der Waals surface area contributed by atoms with Crippen LogP contribution in [0.5, 0.6) is 23.0 Å². The summed E-state index contributed by atoms with van der Waals surface area (Å²) in [6.07, 6.45) is 0. The molecular formula is C18H20N2O6S. The molecule has 1 aliphatic heterocycles. The maximum Gasteiger partial charge on any atom is 0.269 e. The molecule has 144 valence electrons. The Hall–Kier alpha value is -2.94. The van der Waals surface area contributed by atoms with Gasteiger partial charge in [0.1, 0.15) is 18.1 Å². The van der Waals surface area contributed by atoms with Crippen LogP contribution in [0.3, 0.4) is 0 Å². The van der Waals surface area contributed by atoms with Crippen LogP contribution >= 0.6 is 11.3 Å². The standard InChI is InChI=1S/C18H20N2O6S/c1-20(2)18(22)10-7-11(14(24-4)12(8-10)23-3)19-17(21)16-15-13(9-27-16)25-5-6-26-15/h7-9H,5-6H2,1-4H3,(H,19,21). The molecule has 0 atom stereocenters. The average molecular weight is 392 g/mol. The molecule has 8 nitrogen and oxygen atoms in total. The molecule has 0 bridgehead atoms. The Labute approximate surface area is 160 Å². The molecule has 0 unspecified atom stereocenters. The van der Waals surface area contributed by atoms with Crippen molar-refractivity contribution in [1.82, 2.24) is 4.90 Å². The lowest BCUT2D eigenvalue weighted by atomic mass is 10.1. The molecule has 1 N–H and O–H groups in total. The number of carbonyl (C=O) groups excluding carboxylic acids is 2. The maximum atomic E-state index is 12.8. The quantitative estimate of drug-likeness (QED) is 0.841. The van der Waals surface area contributed by atoms with Gasteiger partial charge in [-0.25, -0.2) is 0 Å². The van der Waals surface area contributed by atoms with Crippen molar-refractivity contribution in [2.45, 2.75) is 0 Å². The molecule has 3 rings (SSSR count). The zero-order valence-corrected chi connectivity index (χ0v) is 16.3. The van der Waals surface area contributed by atoms with Crippen LogP contribution in [0.15, 0.2) is 17.5 Å². The van der Waals surface area contributed by atoms with E-state index in [2.05, 4.69) is 5.32 Å². The summed E-state index contributed by atoms with van der Waals surface area (Å²) in [5, 5.41) is 4.51. The highest BCUT2D eigenvalue weighted by Crippen LogP contribution is 2.41. The smallest absolute Gasteiger partial charge is 0.269 e. The minimum atomic E-state index is -0.387. The minimum Gasteiger partial charge on any atom is -0.493 e. The fourth-order valence-corrected chi connectivity index (χ4v) is 3.46. The number of hydrogen-bond acceptors (Lipinski definition) is 7. The molecule has 0 radical (unpaired) electrons. The first-order valence-electron chi connectivity index (χ1n) is 8.12. The molecule has 1 aromatic heterocycles.